The molecule has 0 unspecified atom stereocenters. The van der Waals surface area contributed by atoms with E-state index in [0.29, 0.717) is 0 Å². The van der Waals surface area contributed by atoms with Gasteiger partial charge in [-0.1, -0.05) is 110 Å². The van der Waals surface area contributed by atoms with Gasteiger partial charge in [-0.05, 0) is 38.5 Å². The molecular formula is C27H56BF4P. The predicted octanol–water partition coefficient (Wildman–Crippen LogP) is 11.6. The SMILES string of the molecule is C=CC[P+](CCCCCCCC)(CCCCCCCC)CCCCCCCC.F[B-](F)(F)F. The lowest BCUT2D eigenvalue weighted by Gasteiger charge is -2.27. The Bertz CT molecular complexity index is 355. The van der Waals surface area contributed by atoms with Crippen molar-refractivity contribution in [2.75, 3.05) is 24.6 Å². The largest absolute Gasteiger partial charge is 0.673 e. The molecule has 0 radical (unpaired) electrons. The van der Waals surface area contributed by atoms with Crippen LogP contribution in [0.4, 0.5) is 17.3 Å². The van der Waals surface area contributed by atoms with Crippen LogP contribution in [0.15, 0.2) is 12.7 Å². The van der Waals surface area contributed by atoms with Crippen molar-refractivity contribution >= 4 is 14.5 Å². The molecule has 0 atom stereocenters. The van der Waals surface area contributed by atoms with E-state index in [1.54, 1.807) is 18.5 Å². The smallest absolute Gasteiger partial charge is 0.418 e. The van der Waals surface area contributed by atoms with Crippen LogP contribution in [0.3, 0.4) is 0 Å². The van der Waals surface area contributed by atoms with Crippen LogP contribution in [0.25, 0.3) is 0 Å². The highest BCUT2D eigenvalue weighted by molar-refractivity contribution is 7.76. The lowest BCUT2D eigenvalue weighted by molar-refractivity contribution is 0.368. The van der Waals surface area contributed by atoms with Crippen LogP contribution in [0.1, 0.15) is 136 Å². The minimum absolute atomic E-state index is 0.781. The van der Waals surface area contributed by atoms with Crippen molar-refractivity contribution in [3.05, 3.63) is 12.7 Å². The van der Waals surface area contributed by atoms with Gasteiger partial charge < -0.3 is 17.3 Å². The molecule has 0 nitrogen and oxygen atoms in total. The molecule has 0 aromatic rings. The van der Waals surface area contributed by atoms with E-state index >= 15 is 0 Å². The zero-order chi connectivity index (χ0) is 25.3. The molecule has 0 N–H and O–H groups in total. The summed E-state index contributed by atoms with van der Waals surface area (Å²) in [7, 11) is -6.78. The van der Waals surface area contributed by atoms with Crippen LogP contribution < -0.4 is 0 Å². The Balaban J connectivity index is 0. The molecule has 0 aliphatic rings. The van der Waals surface area contributed by atoms with E-state index in [0.717, 1.165) is 0 Å². The lowest BCUT2D eigenvalue weighted by atomic mass is 10.1. The summed E-state index contributed by atoms with van der Waals surface area (Å²) in [5, 5.41) is 0. The molecule has 0 bridgehead atoms. The van der Waals surface area contributed by atoms with E-state index in [9.17, 15) is 17.3 Å². The summed E-state index contributed by atoms with van der Waals surface area (Å²) in [5.41, 5.74) is 0. The summed E-state index contributed by atoms with van der Waals surface area (Å²) in [4.78, 5) is 0. The van der Waals surface area contributed by atoms with Crippen molar-refractivity contribution in [1.82, 2.24) is 0 Å². The Hall–Kier alpha value is -0.0451. The predicted molar refractivity (Wildman–Crippen MR) is 147 cm³/mol. The van der Waals surface area contributed by atoms with Crippen LogP contribution >= 0.6 is 7.26 Å². The van der Waals surface area contributed by atoms with Gasteiger partial charge in [-0.3, -0.25) is 0 Å². The highest BCUT2D eigenvalue weighted by Gasteiger charge is 2.34. The molecule has 6 heteroatoms. The molecule has 0 aromatic heterocycles. The summed E-state index contributed by atoms with van der Waals surface area (Å²) in [5.74, 6) is 0. The highest BCUT2D eigenvalue weighted by atomic mass is 31.2. The van der Waals surface area contributed by atoms with Crippen LogP contribution in [0.5, 0.6) is 0 Å². The first-order chi connectivity index (χ1) is 15.7. The lowest BCUT2D eigenvalue weighted by Crippen LogP contribution is -2.12. The van der Waals surface area contributed by atoms with Gasteiger partial charge in [0.2, 0.25) is 0 Å². The first kappa shape index (κ1) is 35.1. The Morgan fingerprint density at radius 2 is 0.758 bits per heavy atom. The van der Waals surface area contributed by atoms with Gasteiger partial charge in [0.05, 0.1) is 24.6 Å². The Morgan fingerprint density at radius 1 is 0.515 bits per heavy atom. The van der Waals surface area contributed by atoms with E-state index in [-0.39, 0.29) is 0 Å². The molecule has 0 amide bonds. The molecule has 0 saturated carbocycles. The molecule has 0 aromatic carbocycles. The second-order valence-corrected chi connectivity index (χ2v) is 14.2. The van der Waals surface area contributed by atoms with Crippen molar-refractivity contribution in [3.63, 3.8) is 0 Å². The maximum absolute atomic E-state index is 9.75. The van der Waals surface area contributed by atoms with E-state index in [2.05, 4.69) is 33.4 Å². The number of hydrogen-bond acceptors (Lipinski definition) is 0. The molecule has 0 saturated heterocycles. The third kappa shape index (κ3) is 29.9. The summed E-state index contributed by atoms with van der Waals surface area (Å²) in [6.07, 6.45) is 34.4. The topological polar surface area (TPSA) is 0 Å². The van der Waals surface area contributed by atoms with Crippen LogP contribution in [-0.4, -0.2) is 31.9 Å². The maximum Gasteiger partial charge on any atom is 0.673 e. The molecular weight excluding hydrogens is 442 g/mol. The summed E-state index contributed by atoms with van der Waals surface area (Å²) < 4.78 is 39.0. The molecule has 0 heterocycles. The Kier molecular flexibility index (Phi) is 26.7. The summed E-state index contributed by atoms with van der Waals surface area (Å²) in [6, 6.07) is 0. The molecule has 0 aliphatic heterocycles. The fourth-order valence-corrected chi connectivity index (χ4v) is 9.02. The summed E-state index contributed by atoms with van der Waals surface area (Å²) >= 11 is 0. The zero-order valence-corrected chi connectivity index (χ0v) is 23.3. The van der Waals surface area contributed by atoms with Gasteiger partial charge in [0.1, 0.15) is 0 Å². The minimum atomic E-state index is -6.00. The number of hydrogen-bond donors (Lipinski definition) is 0. The van der Waals surface area contributed by atoms with Gasteiger partial charge >= 0.3 is 7.25 Å². The maximum atomic E-state index is 9.75. The monoisotopic (exact) mass is 498 g/mol. The fourth-order valence-electron chi connectivity index (χ4n) is 4.57. The molecule has 33 heavy (non-hydrogen) atoms. The highest BCUT2D eigenvalue weighted by Crippen LogP contribution is 2.60. The number of allylic oxidation sites excluding steroid dienone is 1. The second kappa shape index (κ2) is 25.1. The molecule has 0 spiro atoms. The van der Waals surface area contributed by atoms with Crippen LogP contribution in [0.2, 0.25) is 0 Å². The third-order valence-electron chi connectivity index (χ3n) is 6.47. The zero-order valence-electron chi connectivity index (χ0n) is 22.4. The van der Waals surface area contributed by atoms with Crippen molar-refractivity contribution < 1.29 is 17.3 Å². The van der Waals surface area contributed by atoms with Gasteiger partial charge in [0.25, 0.3) is 0 Å². The quantitative estimate of drug-likeness (QED) is 0.0432. The van der Waals surface area contributed by atoms with Crippen molar-refractivity contribution in [3.8, 4) is 0 Å². The average Bonchev–Trinajstić information content (AvgIpc) is 2.74. The van der Waals surface area contributed by atoms with Crippen molar-refractivity contribution in [2.45, 2.75) is 136 Å². The molecule has 0 fully saturated rings. The number of unbranched alkanes of at least 4 members (excludes halogenated alkanes) is 15. The van der Waals surface area contributed by atoms with E-state index < -0.39 is 14.5 Å². The van der Waals surface area contributed by atoms with E-state index in [4.69, 9.17) is 0 Å². The standard InChI is InChI=1S/C27H56P.BF4/c1-5-9-12-15-18-21-25-28(24-8-4,26-22-19-16-13-10-6-2)27-23-20-17-14-11-7-3;2-1(3,4)5/h8H,4-7,9-27H2,1-3H3;/q+1;-1. The van der Waals surface area contributed by atoms with Gasteiger partial charge in [0, 0.05) is 7.26 Å². The first-order valence-electron chi connectivity index (χ1n) is 14.1. The Labute approximate surface area is 205 Å². The molecule has 0 rings (SSSR count). The number of rotatable bonds is 23. The Morgan fingerprint density at radius 3 is 1.00 bits per heavy atom. The van der Waals surface area contributed by atoms with Gasteiger partial charge in [-0.15, -0.1) is 0 Å². The second-order valence-electron chi connectivity index (χ2n) is 9.78. The molecule has 200 valence electrons. The first-order valence-corrected chi connectivity index (χ1v) is 16.6. The third-order valence-corrected chi connectivity index (χ3v) is 11.3. The van der Waals surface area contributed by atoms with Crippen LogP contribution in [0, 0.1) is 0 Å². The van der Waals surface area contributed by atoms with E-state index in [1.807, 2.05) is 0 Å². The van der Waals surface area contributed by atoms with Crippen LogP contribution in [-0.2, 0) is 0 Å². The average molecular weight is 499 g/mol. The van der Waals surface area contributed by atoms with Crippen molar-refractivity contribution in [2.24, 2.45) is 0 Å². The number of halogens is 4. The van der Waals surface area contributed by atoms with Gasteiger partial charge in [-0.2, -0.15) is 0 Å². The van der Waals surface area contributed by atoms with E-state index in [1.165, 1.54) is 122 Å². The van der Waals surface area contributed by atoms with Gasteiger partial charge in [0.15, 0.2) is 0 Å². The molecule has 0 aliphatic carbocycles. The normalized spacial score (nSPS) is 11.8. The van der Waals surface area contributed by atoms with Gasteiger partial charge in [-0.25, -0.2) is 0 Å². The fraction of sp³-hybridized carbons (Fsp3) is 0.926. The minimum Gasteiger partial charge on any atom is -0.418 e. The van der Waals surface area contributed by atoms with Crippen molar-refractivity contribution in [1.29, 1.82) is 0 Å². The summed E-state index contributed by atoms with van der Waals surface area (Å²) in [6.45, 7) is 11.1.